The predicted molar refractivity (Wildman–Crippen MR) is 50.9 cm³/mol. The molecule has 1 aliphatic carbocycles. The zero-order chi connectivity index (χ0) is 8.39. The molecule has 0 bridgehead atoms. The van der Waals surface area contributed by atoms with Gasteiger partial charge in [0.05, 0.1) is 0 Å². The van der Waals surface area contributed by atoms with Crippen LogP contribution in [0, 0.1) is 0 Å². The third-order valence-corrected chi connectivity index (χ3v) is 2.55. The van der Waals surface area contributed by atoms with E-state index in [0.717, 1.165) is 18.5 Å². The molecule has 1 aliphatic rings. The Morgan fingerprint density at radius 2 is 2.25 bits per heavy atom. The summed E-state index contributed by atoms with van der Waals surface area (Å²) in [6, 6.07) is 0. The van der Waals surface area contributed by atoms with Crippen LogP contribution in [0.3, 0.4) is 0 Å². The highest BCUT2D eigenvalue weighted by Gasteiger charge is 2.07. The molecule has 0 fully saturated rings. The molecule has 2 nitrogen and oxygen atoms in total. The minimum Gasteiger partial charge on any atom is -0.138 e. The van der Waals surface area contributed by atoms with Crippen LogP contribution < -0.4 is 0 Å². The molecule has 0 unspecified atom stereocenters. The quantitative estimate of drug-likeness (QED) is 0.660. The minimum atomic E-state index is 1.05. The van der Waals surface area contributed by atoms with Crippen LogP contribution in [0.2, 0.25) is 0 Å². The fourth-order valence-corrected chi connectivity index (χ4v) is 1.74. The summed E-state index contributed by atoms with van der Waals surface area (Å²) in [4.78, 5) is 0. The van der Waals surface area contributed by atoms with Gasteiger partial charge >= 0.3 is 0 Å². The molecule has 3 heteroatoms. The zero-order valence-electron chi connectivity index (χ0n) is 6.95. The third-order valence-electron chi connectivity index (χ3n) is 2.05. The molecule has 0 saturated carbocycles. The van der Waals surface area contributed by atoms with E-state index in [-0.39, 0.29) is 0 Å². The first-order valence-corrected chi connectivity index (χ1v) is 4.83. The highest BCUT2D eigenvalue weighted by molar-refractivity contribution is 7.03. The monoisotopic (exact) mass is 178 g/mol. The van der Waals surface area contributed by atoms with Gasteiger partial charge in [-0.3, -0.25) is 0 Å². The lowest BCUT2D eigenvalue weighted by Gasteiger charge is -2.08. The van der Waals surface area contributed by atoms with Crippen molar-refractivity contribution in [1.82, 2.24) is 9.59 Å². The molecule has 0 amide bonds. The van der Waals surface area contributed by atoms with Gasteiger partial charge in [0, 0.05) is 5.38 Å². The van der Waals surface area contributed by atoms with E-state index < -0.39 is 0 Å². The Morgan fingerprint density at radius 3 is 2.83 bits per heavy atom. The predicted octanol–water partition coefficient (Wildman–Crippen LogP) is 2.66. The molecule has 0 aromatic carbocycles. The number of nitrogens with zero attached hydrogens (tertiary/aromatic N) is 2. The van der Waals surface area contributed by atoms with Crippen molar-refractivity contribution in [2.24, 2.45) is 0 Å². The molecule has 0 saturated heterocycles. The van der Waals surface area contributed by atoms with Gasteiger partial charge in [0.15, 0.2) is 0 Å². The number of allylic oxidation sites excluding steroid dienone is 4. The van der Waals surface area contributed by atoms with Crippen LogP contribution in [0.15, 0.2) is 23.1 Å². The van der Waals surface area contributed by atoms with Crippen LogP contribution in [0.1, 0.15) is 25.5 Å². The lowest BCUT2D eigenvalue weighted by atomic mass is 9.98. The van der Waals surface area contributed by atoms with E-state index in [9.17, 15) is 0 Å². The molecule has 0 N–H and O–H groups in total. The number of rotatable bonds is 1. The summed E-state index contributed by atoms with van der Waals surface area (Å²) in [6.45, 7) is 2.16. The number of hydrogen-bond donors (Lipinski definition) is 0. The van der Waals surface area contributed by atoms with Gasteiger partial charge in [-0.15, -0.1) is 5.10 Å². The van der Waals surface area contributed by atoms with Crippen molar-refractivity contribution in [1.29, 1.82) is 0 Å². The van der Waals surface area contributed by atoms with Gasteiger partial charge in [-0.1, -0.05) is 22.2 Å². The largest absolute Gasteiger partial charge is 0.138 e. The first-order chi connectivity index (χ1) is 5.86. The van der Waals surface area contributed by atoms with Gasteiger partial charge in [-0.2, -0.15) is 0 Å². The van der Waals surface area contributed by atoms with E-state index in [1.807, 2.05) is 5.38 Å². The normalized spacial score (nSPS) is 17.1. The fourth-order valence-electron chi connectivity index (χ4n) is 1.26. The lowest BCUT2D eigenvalue weighted by molar-refractivity contribution is 0.963. The summed E-state index contributed by atoms with van der Waals surface area (Å²) < 4.78 is 3.85. The summed E-state index contributed by atoms with van der Waals surface area (Å²) in [5.41, 5.74) is 3.81. The van der Waals surface area contributed by atoms with Gasteiger partial charge in [0.1, 0.15) is 5.69 Å². The summed E-state index contributed by atoms with van der Waals surface area (Å²) in [5, 5.41) is 6.04. The lowest BCUT2D eigenvalue weighted by Crippen LogP contribution is -1.91. The van der Waals surface area contributed by atoms with Crippen molar-refractivity contribution >= 4 is 17.1 Å². The SMILES string of the molecule is CC1=CC=C(c2csnn2)CC1. The van der Waals surface area contributed by atoms with Gasteiger partial charge < -0.3 is 0 Å². The van der Waals surface area contributed by atoms with Crippen LogP contribution in [0.25, 0.3) is 5.57 Å². The second-order valence-electron chi connectivity index (χ2n) is 3.00. The van der Waals surface area contributed by atoms with Crippen LogP contribution in [0.4, 0.5) is 0 Å². The van der Waals surface area contributed by atoms with Gasteiger partial charge in [0.25, 0.3) is 0 Å². The Morgan fingerprint density at radius 1 is 1.33 bits per heavy atom. The second kappa shape index (κ2) is 3.19. The molecular formula is C9H10N2S. The fraction of sp³-hybridized carbons (Fsp3) is 0.333. The second-order valence-corrected chi connectivity index (χ2v) is 3.60. The molecule has 0 atom stereocenters. The molecule has 1 aromatic rings. The maximum atomic E-state index is 4.04. The van der Waals surface area contributed by atoms with Gasteiger partial charge in [-0.05, 0) is 36.9 Å². The van der Waals surface area contributed by atoms with Crippen molar-refractivity contribution in [3.05, 3.63) is 28.8 Å². The highest BCUT2D eigenvalue weighted by Crippen LogP contribution is 2.25. The maximum absolute atomic E-state index is 4.04. The third kappa shape index (κ3) is 1.46. The standard InChI is InChI=1S/C9H10N2S/c1-7-2-4-8(5-3-7)9-6-12-11-10-9/h2,4,6H,3,5H2,1H3. The number of hydrogen-bond acceptors (Lipinski definition) is 3. The Kier molecular flexibility index (Phi) is 2.04. The summed E-state index contributed by atoms with van der Waals surface area (Å²) in [7, 11) is 0. The van der Waals surface area contributed by atoms with Crippen LogP contribution in [0.5, 0.6) is 0 Å². The maximum Gasteiger partial charge on any atom is 0.101 e. The highest BCUT2D eigenvalue weighted by atomic mass is 32.1. The van der Waals surface area contributed by atoms with Crippen molar-refractivity contribution < 1.29 is 0 Å². The van der Waals surface area contributed by atoms with E-state index in [4.69, 9.17) is 0 Å². The molecule has 0 radical (unpaired) electrons. The van der Waals surface area contributed by atoms with E-state index in [1.54, 1.807) is 0 Å². The van der Waals surface area contributed by atoms with Gasteiger partial charge in [0.2, 0.25) is 0 Å². The molecular weight excluding hydrogens is 168 g/mol. The van der Waals surface area contributed by atoms with Crippen molar-refractivity contribution in [2.45, 2.75) is 19.8 Å². The van der Waals surface area contributed by atoms with Gasteiger partial charge in [-0.25, -0.2) is 0 Å². The molecule has 2 rings (SSSR count). The first kappa shape index (κ1) is 7.68. The minimum absolute atomic E-state index is 1.05. The Bertz CT molecular complexity index is 322. The zero-order valence-corrected chi connectivity index (χ0v) is 7.77. The smallest absolute Gasteiger partial charge is 0.101 e. The van der Waals surface area contributed by atoms with E-state index in [2.05, 4.69) is 28.7 Å². The Labute approximate surface area is 75.8 Å². The van der Waals surface area contributed by atoms with E-state index in [0.29, 0.717) is 0 Å². The van der Waals surface area contributed by atoms with Crippen molar-refractivity contribution in [3.8, 4) is 0 Å². The average molecular weight is 178 g/mol. The average Bonchev–Trinajstić information content (AvgIpc) is 2.58. The molecule has 1 aromatic heterocycles. The van der Waals surface area contributed by atoms with E-state index in [1.165, 1.54) is 22.7 Å². The van der Waals surface area contributed by atoms with Crippen molar-refractivity contribution in [3.63, 3.8) is 0 Å². The van der Waals surface area contributed by atoms with Crippen LogP contribution in [-0.2, 0) is 0 Å². The topological polar surface area (TPSA) is 25.8 Å². The molecule has 12 heavy (non-hydrogen) atoms. The van der Waals surface area contributed by atoms with Crippen molar-refractivity contribution in [2.75, 3.05) is 0 Å². The first-order valence-electron chi connectivity index (χ1n) is 4.00. The Balaban J connectivity index is 2.27. The molecule has 1 heterocycles. The van der Waals surface area contributed by atoms with Crippen LogP contribution in [-0.4, -0.2) is 9.59 Å². The number of aromatic nitrogens is 2. The van der Waals surface area contributed by atoms with Crippen LogP contribution >= 0.6 is 11.5 Å². The molecule has 62 valence electrons. The molecule has 0 aliphatic heterocycles. The molecule has 0 spiro atoms. The summed E-state index contributed by atoms with van der Waals surface area (Å²) in [6.07, 6.45) is 6.57. The summed E-state index contributed by atoms with van der Waals surface area (Å²) >= 11 is 1.41. The van der Waals surface area contributed by atoms with E-state index >= 15 is 0 Å². The Hall–Kier alpha value is -0.960. The summed E-state index contributed by atoms with van der Waals surface area (Å²) in [5.74, 6) is 0.